The maximum Gasteiger partial charge on any atom is 1.00 e. The number of ether oxygens (including phenoxy) is 1. The summed E-state index contributed by atoms with van der Waals surface area (Å²) in [5, 5.41) is 36.5. The number of aliphatic hydroxyl groups excluding tert-OH is 2. The summed E-state index contributed by atoms with van der Waals surface area (Å²) in [6.45, 7) is 0.812. The van der Waals surface area contributed by atoms with Crippen molar-refractivity contribution >= 4 is 54.2 Å². The number of hydrogen-bond donors (Lipinski definition) is 6. The number of alkyl halides is 6. The van der Waals surface area contributed by atoms with Crippen molar-refractivity contribution in [1.82, 2.24) is 9.80 Å². The Morgan fingerprint density at radius 2 is 0.959 bits per heavy atom. The number of nitrogens with zero attached hydrogens (tertiary/aromatic N) is 3. The molecule has 4 fully saturated rings. The number of halogens is 8. The number of nitrogens with one attached hydrogen (secondary N) is 4. The number of aryl methyl sites for hydroxylation is 2. The van der Waals surface area contributed by atoms with Crippen LogP contribution in [0, 0.1) is 48.6 Å². The Labute approximate surface area is 607 Å². The van der Waals surface area contributed by atoms with Crippen LogP contribution < -0.4 is 90.2 Å². The van der Waals surface area contributed by atoms with Crippen LogP contribution in [0.1, 0.15) is 154 Å². The van der Waals surface area contributed by atoms with Crippen LogP contribution in [0.25, 0.3) is 0 Å². The Morgan fingerprint density at radius 1 is 0.582 bits per heavy atom. The molecule has 0 radical (unpaired) electrons. The molecule has 98 heavy (non-hydrogen) atoms. The van der Waals surface area contributed by atoms with Crippen molar-refractivity contribution in [2.75, 3.05) is 47.8 Å². The van der Waals surface area contributed by atoms with Crippen molar-refractivity contribution in [3.8, 4) is 6.07 Å². The molecule has 2 saturated carbocycles. The molecule has 0 unspecified atom stereocenters. The first-order valence-corrected chi connectivity index (χ1v) is 32.9. The molecule has 4 atom stereocenters. The first-order chi connectivity index (χ1) is 45.7. The van der Waals surface area contributed by atoms with E-state index in [2.05, 4.69) is 25.8 Å². The van der Waals surface area contributed by atoms with E-state index in [4.69, 9.17) is 15.1 Å². The predicted molar refractivity (Wildman–Crippen MR) is 337 cm³/mol. The number of aliphatic hydroxyl groups is 2. The molecule has 0 aromatic heterocycles. The molecule has 4 amide bonds. The van der Waals surface area contributed by atoms with E-state index in [1.54, 1.807) is 38.1 Å². The van der Waals surface area contributed by atoms with Crippen molar-refractivity contribution < 1.29 is 147 Å². The van der Waals surface area contributed by atoms with Gasteiger partial charge in [0.25, 0.3) is 11.8 Å². The number of likely N-dealkylation sites (tertiary alicyclic amines) is 2. The van der Waals surface area contributed by atoms with Gasteiger partial charge in [0.15, 0.2) is 6.79 Å². The Hall–Kier alpha value is -6.28. The minimum absolute atomic E-state index is 0. The van der Waals surface area contributed by atoms with Gasteiger partial charge in [-0.05, 0) is 159 Å². The smallest absolute Gasteiger partial charge is 0.790 e. The van der Waals surface area contributed by atoms with E-state index in [1.807, 2.05) is 36.4 Å². The van der Waals surface area contributed by atoms with Gasteiger partial charge in [-0.3, -0.25) is 19.2 Å². The molecule has 6 aromatic rings. The van der Waals surface area contributed by atoms with Gasteiger partial charge in [-0.15, -0.1) is 0 Å². The summed E-state index contributed by atoms with van der Waals surface area (Å²) < 4.78 is 132. The zero-order chi connectivity index (χ0) is 69.5. The first kappa shape index (κ1) is 80.7. The summed E-state index contributed by atoms with van der Waals surface area (Å²) >= 11 is 0. The van der Waals surface area contributed by atoms with Gasteiger partial charge in [-0.25, -0.2) is 8.78 Å². The maximum atomic E-state index is 15.0. The Morgan fingerprint density at radius 3 is 1.32 bits per heavy atom. The van der Waals surface area contributed by atoms with Gasteiger partial charge in [0.2, 0.25) is 11.8 Å². The summed E-state index contributed by atoms with van der Waals surface area (Å²) in [6, 6.07) is 30.4. The molecule has 2 saturated heterocycles. The van der Waals surface area contributed by atoms with Crippen molar-refractivity contribution in [3.63, 3.8) is 0 Å². The van der Waals surface area contributed by atoms with E-state index in [1.165, 1.54) is 65.1 Å². The second-order valence-electron chi connectivity index (χ2n) is 24.0. The molecular formula is C69H74F8N7Na2O11P. The van der Waals surface area contributed by atoms with Crippen molar-refractivity contribution in [2.45, 2.75) is 141 Å². The fourth-order valence-electron chi connectivity index (χ4n) is 12.9. The number of carbonyl (C=O) groups is 4. The normalized spacial score (nSPS) is 18.1. The van der Waals surface area contributed by atoms with Crippen LogP contribution in [-0.4, -0.2) is 82.2 Å². The number of phosphoric ester groups is 1. The van der Waals surface area contributed by atoms with Gasteiger partial charge in [-0.2, -0.15) is 31.6 Å². The van der Waals surface area contributed by atoms with Gasteiger partial charge in [0.05, 0.1) is 73.3 Å². The van der Waals surface area contributed by atoms with Gasteiger partial charge >= 0.3 is 71.5 Å². The molecule has 18 nitrogen and oxygen atoms in total. The molecular weight excluding hydrogens is 1330 g/mol. The summed E-state index contributed by atoms with van der Waals surface area (Å²) in [4.78, 5) is 79.6. The number of hydrogen-bond acceptors (Lipinski definition) is 14. The number of anilines is 4. The third-order valence-electron chi connectivity index (χ3n) is 17.4. The van der Waals surface area contributed by atoms with Gasteiger partial charge in [0.1, 0.15) is 18.2 Å². The number of nitriles is 1. The van der Waals surface area contributed by atoms with Crippen LogP contribution in [0.5, 0.6) is 0 Å². The zero-order valence-corrected chi connectivity index (χ0v) is 59.5. The van der Waals surface area contributed by atoms with Crippen molar-refractivity contribution in [2.24, 2.45) is 11.8 Å². The van der Waals surface area contributed by atoms with E-state index in [0.717, 1.165) is 74.2 Å². The molecule has 2 aliphatic carbocycles. The van der Waals surface area contributed by atoms with E-state index < -0.39 is 110 Å². The quantitative estimate of drug-likeness (QED) is 0.0129. The molecule has 10 rings (SSSR count). The average molecular weight is 1410 g/mol. The maximum absolute atomic E-state index is 15.0. The summed E-state index contributed by atoms with van der Waals surface area (Å²) in [6.07, 6.45) is 0.853. The minimum Gasteiger partial charge on any atom is -0.790 e. The minimum atomic E-state index is -5.38. The monoisotopic (exact) mass is 1410 g/mol. The summed E-state index contributed by atoms with van der Waals surface area (Å²) in [5.41, 5.74) is 0.663. The molecule has 6 aromatic carbocycles. The second kappa shape index (κ2) is 36.9. The molecule has 6 N–H and O–H groups in total. The Bertz CT molecular complexity index is 3740. The van der Waals surface area contributed by atoms with Crippen LogP contribution in [0.2, 0.25) is 0 Å². The molecule has 2 aliphatic heterocycles. The van der Waals surface area contributed by atoms with Crippen molar-refractivity contribution in [3.05, 3.63) is 189 Å². The van der Waals surface area contributed by atoms with E-state index >= 15 is 4.39 Å². The summed E-state index contributed by atoms with van der Waals surface area (Å²) in [5.74, 6) is -5.39. The Balaban J connectivity index is 0.000000290. The first-order valence-electron chi connectivity index (χ1n) is 31.4. The zero-order valence-electron chi connectivity index (χ0n) is 54.6. The van der Waals surface area contributed by atoms with Crippen LogP contribution in [0.15, 0.2) is 121 Å². The van der Waals surface area contributed by atoms with E-state index in [-0.39, 0.29) is 112 Å². The Kier molecular flexibility index (Phi) is 30.4. The van der Waals surface area contributed by atoms with Gasteiger partial charge < -0.3 is 64.9 Å². The predicted octanol–water partition coefficient (Wildman–Crippen LogP) is 6.80. The third-order valence-corrected chi connectivity index (χ3v) is 17.9. The fraction of sp³-hybridized carbons (Fsp3) is 0.406. The molecule has 29 heteroatoms. The van der Waals surface area contributed by atoms with Crippen LogP contribution in [-0.2, 0) is 49.0 Å². The van der Waals surface area contributed by atoms with E-state index in [9.17, 15) is 69.4 Å². The van der Waals surface area contributed by atoms with Gasteiger partial charge in [-0.1, -0.05) is 86.3 Å². The number of phosphoric acid groups is 1. The molecule has 2 heterocycles. The standard InChI is InChI=1S/C34H38F4N3O7P.C33H35F4N3O3.C2H3NO.2Na/c1-21-6-4-10-29(35)30(21)33(43)41-17-5-9-27(31(41)22-11-14-25(15-12-22)39-24-7-2-3-8-24)32(42)40-26-16-13-23(28(18-26)34(36,37)38)19-47-20-48-49(44,45)46;1-20-6-4-10-28(34)29(20)32(43)40-17-5-9-26(30(40)21-11-14-24(15-12-21)38-23-7-2-3-8-23)31(42)39-25-16-13-22(19-41)27(18-25)33(35,36)37;3-1-2-4;;/h4,6,10-16,18,24,27,31,39H,2-3,5,7-9,17,19-20H2,1H3,(H,40,42)(H2,44,45,46);4,6,10-16,18,23,26,30,38,41H,2-3,5,7-9,17,19H2,1H3,(H,39,42);4H,2H2;;/q;;;2*+1/p-2/t27-,31-;26-,30-;;;/m00.../s1. The fourth-order valence-corrected chi connectivity index (χ4v) is 13.1. The largest absolute Gasteiger partial charge is 1.00 e. The number of rotatable bonds is 18. The van der Waals surface area contributed by atoms with Crippen LogP contribution in [0.3, 0.4) is 0 Å². The van der Waals surface area contributed by atoms with Crippen LogP contribution >= 0.6 is 7.82 Å². The number of carbonyl (C=O) groups excluding carboxylic acids is 4. The van der Waals surface area contributed by atoms with Crippen molar-refractivity contribution in [1.29, 1.82) is 5.26 Å². The van der Waals surface area contributed by atoms with Crippen LogP contribution in [0.4, 0.5) is 57.9 Å². The topological polar surface area (TPSA) is 269 Å². The molecule has 4 aliphatic rings. The number of amides is 4. The molecule has 0 bridgehead atoms. The van der Waals surface area contributed by atoms with E-state index in [0.29, 0.717) is 60.0 Å². The summed E-state index contributed by atoms with van der Waals surface area (Å²) in [7, 11) is -5.38. The molecule has 0 spiro atoms. The third kappa shape index (κ3) is 21.6. The van der Waals surface area contributed by atoms with Gasteiger partial charge in [0, 0.05) is 47.9 Å². The number of piperidine rings is 2. The second-order valence-corrected chi connectivity index (χ2v) is 25.1. The molecule has 514 valence electrons. The SMILES string of the molecule is Cc1cccc(F)c1C(=O)N1CCC[C@H](C(=O)Nc2ccc(CO)c(C(F)(F)F)c2)[C@@H]1c1ccc(NC2CCCC2)cc1.Cc1cccc(F)c1C(=O)N1CCC[C@H](C(=O)Nc2ccc(COCOP(=O)([O-])[O-])c(C(F)(F)F)c2)[C@@H]1c1ccc(NC2CCCC2)cc1.N#CCO.[Na+].[Na+]. The average Bonchev–Trinajstić information content (AvgIpc) is 0.789. The number of benzene rings is 6.